The van der Waals surface area contributed by atoms with Crippen LogP contribution in [0.1, 0.15) is 40.5 Å². The third-order valence-electron chi connectivity index (χ3n) is 3.00. The van der Waals surface area contributed by atoms with Crippen molar-refractivity contribution >= 4 is 0 Å². The summed E-state index contributed by atoms with van der Waals surface area (Å²) in [4.78, 5) is 0. The van der Waals surface area contributed by atoms with Crippen LogP contribution < -0.4 is 5.32 Å². The highest BCUT2D eigenvalue weighted by atomic mass is 16.3. The van der Waals surface area contributed by atoms with Crippen molar-refractivity contribution in [3.05, 3.63) is 0 Å². The standard InChI is InChI=1S/C10H21NO/c1-8(9(2,3)12)11-7-10(4)5-6-10/h8,11-12H,5-7H2,1-4H3. The fourth-order valence-electron chi connectivity index (χ4n) is 1.04. The Morgan fingerprint density at radius 1 is 1.50 bits per heavy atom. The van der Waals surface area contributed by atoms with Crippen molar-refractivity contribution in [1.82, 2.24) is 5.32 Å². The van der Waals surface area contributed by atoms with Gasteiger partial charge in [-0.15, -0.1) is 0 Å². The van der Waals surface area contributed by atoms with Gasteiger partial charge < -0.3 is 10.4 Å². The number of hydrogen-bond donors (Lipinski definition) is 2. The topological polar surface area (TPSA) is 32.3 Å². The maximum atomic E-state index is 9.64. The quantitative estimate of drug-likeness (QED) is 0.672. The molecule has 0 spiro atoms. The van der Waals surface area contributed by atoms with Gasteiger partial charge in [-0.3, -0.25) is 0 Å². The minimum absolute atomic E-state index is 0.176. The summed E-state index contributed by atoms with van der Waals surface area (Å²) in [6.45, 7) is 9.06. The van der Waals surface area contributed by atoms with Crippen LogP contribution in [0.25, 0.3) is 0 Å². The van der Waals surface area contributed by atoms with Crippen LogP contribution in [-0.2, 0) is 0 Å². The van der Waals surface area contributed by atoms with Crippen molar-refractivity contribution in [1.29, 1.82) is 0 Å². The maximum absolute atomic E-state index is 9.64. The molecule has 1 aliphatic rings. The summed E-state index contributed by atoms with van der Waals surface area (Å²) in [6.07, 6.45) is 2.66. The summed E-state index contributed by atoms with van der Waals surface area (Å²) < 4.78 is 0. The first kappa shape index (κ1) is 10.0. The molecule has 1 saturated carbocycles. The Morgan fingerprint density at radius 3 is 2.33 bits per heavy atom. The van der Waals surface area contributed by atoms with Crippen LogP contribution in [0.4, 0.5) is 0 Å². The maximum Gasteiger partial charge on any atom is 0.0741 e. The lowest BCUT2D eigenvalue weighted by Crippen LogP contribution is -2.46. The molecule has 1 rings (SSSR count). The normalized spacial score (nSPS) is 23.8. The molecule has 72 valence electrons. The van der Waals surface area contributed by atoms with E-state index in [0.717, 1.165) is 6.54 Å². The molecule has 0 amide bonds. The second-order valence-corrected chi connectivity index (χ2v) is 5.07. The molecule has 1 unspecified atom stereocenters. The zero-order valence-corrected chi connectivity index (χ0v) is 8.65. The van der Waals surface area contributed by atoms with Crippen LogP contribution in [0.3, 0.4) is 0 Å². The van der Waals surface area contributed by atoms with Gasteiger partial charge in [-0.25, -0.2) is 0 Å². The summed E-state index contributed by atoms with van der Waals surface area (Å²) in [6, 6.07) is 0.176. The van der Waals surface area contributed by atoms with Crippen molar-refractivity contribution in [3.63, 3.8) is 0 Å². The summed E-state index contributed by atoms with van der Waals surface area (Å²) in [5, 5.41) is 13.0. The highest BCUT2D eigenvalue weighted by Gasteiger charge is 2.37. The van der Waals surface area contributed by atoms with Gasteiger partial charge in [0.15, 0.2) is 0 Å². The molecule has 0 heterocycles. The van der Waals surface area contributed by atoms with Crippen molar-refractivity contribution < 1.29 is 5.11 Å². The van der Waals surface area contributed by atoms with Crippen molar-refractivity contribution in [2.45, 2.75) is 52.2 Å². The first-order valence-electron chi connectivity index (χ1n) is 4.79. The molecule has 1 atom stereocenters. The van der Waals surface area contributed by atoms with Gasteiger partial charge in [0, 0.05) is 12.6 Å². The van der Waals surface area contributed by atoms with Crippen LogP contribution in [0, 0.1) is 5.41 Å². The van der Waals surface area contributed by atoms with E-state index in [1.807, 2.05) is 20.8 Å². The lowest BCUT2D eigenvalue weighted by Gasteiger charge is -2.28. The van der Waals surface area contributed by atoms with Gasteiger partial charge in [0.05, 0.1) is 5.60 Å². The third kappa shape index (κ3) is 2.76. The Kier molecular flexibility index (Phi) is 2.50. The van der Waals surface area contributed by atoms with E-state index >= 15 is 0 Å². The lowest BCUT2D eigenvalue weighted by atomic mass is 10.00. The monoisotopic (exact) mass is 171 g/mol. The highest BCUT2D eigenvalue weighted by molar-refractivity contribution is 4.92. The number of hydrogen-bond acceptors (Lipinski definition) is 2. The molecule has 12 heavy (non-hydrogen) atoms. The van der Waals surface area contributed by atoms with Gasteiger partial charge >= 0.3 is 0 Å². The summed E-state index contributed by atoms with van der Waals surface area (Å²) in [5.41, 5.74) is -0.0786. The van der Waals surface area contributed by atoms with Crippen LogP contribution in [0.15, 0.2) is 0 Å². The largest absolute Gasteiger partial charge is 0.389 e. The summed E-state index contributed by atoms with van der Waals surface area (Å²) in [5.74, 6) is 0. The van der Waals surface area contributed by atoms with Gasteiger partial charge in [-0.1, -0.05) is 6.92 Å². The molecular formula is C10H21NO. The smallest absolute Gasteiger partial charge is 0.0741 e. The Balaban J connectivity index is 2.23. The van der Waals surface area contributed by atoms with E-state index in [4.69, 9.17) is 0 Å². The van der Waals surface area contributed by atoms with E-state index < -0.39 is 5.60 Å². The van der Waals surface area contributed by atoms with E-state index in [1.54, 1.807) is 0 Å². The van der Waals surface area contributed by atoms with Crippen LogP contribution in [0.2, 0.25) is 0 Å². The Hall–Kier alpha value is -0.0800. The van der Waals surface area contributed by atoms with Gasteiger partial charge in [0.2, 0.25) is 0 Å². The molecule has 0 aliphatic heterocycles. The van der Waals surface area contributed by atoms with E-state index in [9.17, 15) is 5.11 Å². The highest BCUT2D eigenvalue weighted by Crippen LogP contribution is 2.44. The average Bonchev–Trinajstić information content (AvgIpc) is 2.62. The summed E-state index contributed by atoms with van der Waals surface area (Å²) >= 11 is 0. The number of aliphatic hydroxyl groups is 1. The Morgan fingerprint density at radius 2 is 2.00 bits per heavy atom. The molecule has 0 saturated heterocycles. The van der Waals surface area contributed by atoms with Gasteiger partial charge in [-0.2, -0.15) is 0 Å². The molecule has 0 radical (unpaired) electrons. The molecule has 2 heteroatoms. The Bertz CT molecular complexity index is 156. The minimum atomic E-state index is -0.606. The summed E-state index contributed by atoms with van der Waals surface area (Å²) in [7, 11) is 0. The zero-order valence-electron chi connectivity index (χ0n) is 8.65. The minimum Gasteiger partial charge on any atom is -0.389 e. The zero-order chi connectivity index (χ0) is 9.41. The lowest BCUT2D eigenvalue weighted by molar-refractivity contribution is 0.0427. The molecule has 0 bridgehead atoms. The van der Waals surface area contributed by atoms with Gasteiger partial charge in [0.1, 0.15) is 0 Å². The molecule has 2 N–H and O–H groups in total. The van der Waals surface area contributed by atoms with E-state index in [1.165, 1.54) is 12.8 Å². The van der Waals surface area contributed by atoms with E-state index in [0.29, 0.717) is 5.41 Å². The van der Waals surface area contributed by atoms with Crippen LogP contribution in [-0.4, -0.2) is 23.3 Å². The first-order valence-corrected chi connectivity index (χ1v) is 4.79. The van der Waals surface area contributed by atoms with E-state index in [-0.39, 0.29) is 6.04 Å². The fraction of sp³-hybridized carbons (Fsp3) is 1.00. The van der Waals surface area contributed by atoms with Crippen LogP contribution in [0.5, 0.6) is 0 Å². The number of nitrogens with one attached hydrogen (secondary N) is 1. The molecule has 0 aromatic rings. The van der Waals surface area contributed by atoms with Gasteiger partial charge in [0.25, 0.3) is 0 Å². The predicted molar refractivity (Wildman–Crippen MR) is 51.1 cm³/mol. The van der Waals surface area contributed by atoms with E-state index in [2.05, 4.69) is 12.2 Å². The molecule has 0 aromatic carbocycles. The molecule has 1 fully saturated rings. The van der Waals surface area contributed by atoms with Crippen LogP contribution >= 0.6 is 0 Å². The van der Waals surface area contributed by atoms with Crippen molar-refractivity contribution in [3.8, 4) is 0 Å². The molecule has 1 aliphatic carbocycles. The first-order chi connectivity index (χ1) is 5.33. The SMILES string of the molecule is CC(NCC1(C)CC1)C(C)(C)O. The second kappa shape index (κ2) is 3.00. The van der Waals surface area contributed by atoms with Crippen molar-refractivity contribution in [2.24, 2.45) is 5.41 Å². The molecule has 0 aromatic heterocycles. The third-order valence-corrected chi connectivity index (χ3v) is 3.00. The Labute approximate surface area is 75.4 Å². The average molecular weight is 171 g/mol. The fourth-order valence-corrected chi connectivity index (χ4v) is 1.04. The second-order valence-electron chi connectivity index (χ2n) is 5.07. The molecular weight excluding hydrogens is 150 g/mol. The van der Waals surface area contributed by atoms with Crippen molar-refractivity contribution in [2.75, 3.05) is 6.54 Å². The van der Waals surface area contributed by atoms with Gasteiger partial charge in [-0.05, 0) is 39.0 Å². The molecule has 2 nitrogen and oxygen atoms in total. The number of rotatable bonds is 4. The predicted octanol–water partition coefficient (Wildman–Crippen LogP) is 1.54.